The van der Waals surface area contributed by atoms with E-state index in [9.17, 15) is 4.79 Å². The van der Waals surface area contributed by atoms with Gasteiger partial charge >= 0.3 is 0 Å². The number of fused-ring (bicyclic) bond motifs is 4. The van der Waals surface area contributed by atoms with Gasteiger partial charge in [-0.15, -0.1) is 0 Å². The third kappa shape index (κ3) is 1.84. The number of methoxy groups -OCH3 is 1. The number of carbonyl (C=O) groups is 1. The van der Waals surface area contributed by atoms with Crippen LogP contribution in [0.3, 0.4) is 0 Å². The van der Waals surface area contributed by atoms with Crippen LogP contribution in [0.25, 0.3) is 0 Å². The Kier molecular flexibility index (Phi) is 2.84. The fraction of sp³-hybridized carbons (Fsp3) is 0.286. The summed E-state index contributed by atoms with van der Waals surface area (Å²) in [7, 11) is 1.70. The number of ether oxygens (including phenoxy) is 1. The Bertz CT molecular complexity index is 845. The molecule has 0 saturated heterocycles. The van der Waals surface area contributed by atoms with Crippen molar-refractivity contribution in [2.75, 3.05) is 7.11 Å². The molecule has 0 aliphatic heterocycles. The maximum atomic E-state index is 12.3. The molecule has 1 spiro atoms. The minimum absolute atomic E-state index is 0.0295. The summed E-state index contributed by atoms with van der Waals surface area (Å²) in [5, 5.41) is 0. The van der Waals surface area contributed by atoms with Crippen molar-refractivity contribution >= 4 is 5.78 Å². The molecule has 0 heterocycles. The maximum absolute atomic E-state index is 12.3. The van der Waals surface area contributed by atoms with Gasteiger partial charge in [-0.3, -0.25) is 4.79 Å². The van der Waals surface area contributed by atoms with E-state index in [1.165, 1.54) is 11.1 Å². The molecular formula is C21H20O2. The van der Waals surface area contributed by atoms with E-state index in [1.807, 2.05) is 24.3 Å². The predicted molar refractivity (Wildman–Crippen MR) is 91.3 cm³/mol. The third-order valence-electron chi connectivity index (χ3n) is 5.35. The van der Waals surface area contributed by atoms with Crippen molar-refractivity contribution < 1.29 is 9.53 Å². The van der Waals surface area contributed by atoms with Gasteiger partial charge in [-0.25, -0.2) is 0 Å². The molecule has 23 heavy (non-hydrogen) atoms. The topological polar surface area (TPSA) is 26.3 Å². The molecule has 0 N–H and O–H groups in total. The lowest BCUT2D eigenvalue weighted by atomic mass is 9.68. The first-order chi connectivity index (χ1) is 11.0. The van der Waals surface area contributed by atoms with Gasteiger partial charge in [0.1, 0.15) is 5.75 Å². The summed E-state index contributed by atoms with van der Waals surface area (Å²) in [5.74, 6) is 0.990. The zero-order chi connectivity index (χ0) is 16.2. The van der Waals surface area contributed by atoms with E-state index in [0.717, 1.165) is 23.3 Å². The highest BCUT2D eigenvalue weighted by molar-refractivity contribution is 6.08. The highest BCUT2D eigenvalue weighted by atomic mass is 16.5. The van der Waals surface area contributed by atoms with Gasteiger partial charge in [-0.2, -0.15) is 0 Å². The number of benzene rings is 2. The van der Waals surface area contributed by atoms with Crippen LogP contribution in [0.15, 0.2) is 54.6 Å². The Labute approximate surface area is 136 Å². The summed E-state index contributed by atoms with van der Waals surface area (Å²) < 4.78 is 5.42. The van der Waals surface area contributed by atoms with Gasteiger partial charge in [-0.05, 0) is 46.7 Å². The molecule has 0 aromatic heterocycles. The van der Waals surface area contributed by atoms with Crippen molar-refractivity contribution in [2.24, 2.45) is 0 Å². The number of hydrogen-bond donors (Lipinski definition) is 0. The van der Waals surface area contributed by atoms with Crippen LogP contribution in [0.5, 0.6) is 5.75 Å². The van der Waals surface area contributed by atoms with Crippen LogP contribution in [0, 0.1) is 0 Å². The first-order valence-electron chi connectivity index (χ1n) is 8.00. The molecule has 2 aromatic carbocycles. The second kappa shape index (κ2) is 4.58. The second-order valence-corrected chi connectivity index (χ2v) is 7.19. The van der Waals surface area contributed by atoms with Crippen LogP contribution >= 0.6 is 0 Å². The summed E-state index contributed by atoms with van der Waals surface area (Å²) in [6.45, 7) is 4.54. The fourth-order valence-corrected chi connectivity index (χ4v) is 4.36. The number of hydrogen-bond acceptors (Lipinski definition) is 2. The molecule has 116 valence electrons. The van der Waals surface area contributed by atoms with E-state index < -0.39 is 0 Å². The van der Waals surface area contributed by atoms with Crippen LogP contribution in [0.2, 0.25) is 0 Å². The van der Waals surface area contributed by atoms with Crippen molar-refractivity contribution in [3.8, 4) is 5.75 Å². The standard InChI is InChI=1S/C21H20O2/c1-20(2)13-21(17-9-8-14(23-3)12-18(17)20)11-10-19(22)15-6-4-5-7-16(15)21/h4-12H,13H2,1-3H3. The lowest BCUT2D eigenvalue weighted by molar-refractivity contribution is 0.104. The Morgan fingerprint density at radius 1 is 1.00 bits per heavy atom. The second-order valence-electron chi connectivity index (χ2n) is 7.19. The summed E-state index contributed by atoms with van der Waals surface area (Å²) in [6, 6.07) is 14.4. The van der Waals surface area contributed by atoms with Crippen LogP contribution in [0.4, 0.5) is 0 Å². The number of rotatable bonds is 1. The molecule has 2 heteroatoms. The first kappa shape index (κ1) is 14.3. The molecule has 2 nitrogen and oxygen atoms in total. The summed E-state index contributed by atoms with van der Waals surface area (Å²) in [6.07, 6.45) is 4.82. The van der Waals surface area contributed by atoms with E-state index in [1.54, 1.807) is 13.2 Å². The molecule has 4 rings (SSSR count). The molecule has 2 aliphatic rings. The lowest BCUT2D eigenvalue weighted by Crippen LogP contribution is -2.30. The molecule has 1 unspecified atom stereocenters. The van der Waals surface area contributed by atoms with Gasteiger partial charge < -0.3 is 4.74 Å². The zero-order valence-electron chi connectivity index (χ0n) is 13.7. The molecule has 0 fully saturated rings. The molecule has 0 bridgehead atoms. The quantitative estimate of drug-likeness (QED) is 0.780. The predicted octanol–water partition coefficient (Wildman–Crippen LogP) is 4.42. The average molecular weight is 304 g/mol. The number of carbonyl (C=O) groups excluding carboxylic acids is 1. The lowest BCUT2D eigenvalue weighted by Gasteiger charge is -2.33. The molecule has 2 aromatic rings. The van der Waals surface area contributed by atoms with Crippen molar-refractivity contribution in [3.05, 3.63) is 76.9 Å². The Hall–Kier alpha value is -2.35. The van der Waals surface area contributed by atoms with E-state index in [0.29, 0.717) is 0 Å². The molecule has 1 atom stereocenters. The SMILES string of the molecule is COc1ccc2c(c1)C(C)(C)CC21C=CC(=O)c2ccccc21. The van der Waals surface area contributed by atoms with Gasteiger partial charge in [0.15, 0.2) is 5.78 Å². The van der Waals surface area contributed by atoms with Crippen LogP contribution in [-0.4, -0.2) is 12.9 Å². The maximum Gasteiger partial charge on any atom is 0.185 e. The molecular weight excluding hydrogens is 284 g/mol. The van der Waals surface area contributed by atoms with E-state index >= 15 is 0 Å². The molecule has 0 saturated carbocycles. The first-order valence-corrected chi connectivity index (χ1v) is 8.00. The summed E-state index contributed by atoms with van der Waals surface area (Å²) in [4.78, 5) is 12.3. The minimum atomic E-state index is -0.213. The smallest absolute Gasteiger partial charge is 0.185 e. The number of ketones is 1. The normalized spacial score (nSPS) is 23.7. The average Bonchev–Trinajstić information content (AvgIpc) is 2.79. The van der Waals surface area contributed by atoms with Crippen LogP contribution < -0.4 is 4.74 Å². The molecule has 2 aliphatic carbocycles. The Morgan fingerprint density at radius 2 is 1.78 bits per heavy atom. The van der Waals surface area contributed by atoms with E-state index in [-0.39, 0.29) is 16.6 Å². The molecule has 0 radical (unpaired) electrons. The van der Waals surface area contributed by atoms with E-state index in [4.69, 9.17) is 4.74 Å². The van der Waals surface area contributed by atoms with Crippen molar-refractivity contribution in [2.45, 2.75) is 31.1 Å². The highest BCUT2D eigenvalue weighted by Gasteiger charge is 2.49. The monoisotopic (exact) mass is 304 g/mol. The third-order valence-corrected chi connectivity index (χ3v) is 5.35. The van der Waals surface area contributed by atoms with Crippen LogP contribution in [0.1, 0.15) is 47.3 Å². The zero-order valence-corrected chi connectivity index (χ0v) is 13.7. The van der Waals surface area contributed by atoms with Gasteiger partial charge in [-0.1, -0.05) is 50.3 Å². The minimum Gasteiger partial charge on any atom is -0.497 e. The van der Waals surface area contributed by atoms with Crippen LogP contribution in [-0.2, 0) is 10.8 Å². The van der Waals surface area contributed by atoms with Crippen molar-refractivity contribution in [1.82, 2.24) is 0 Å². The van der Waals surface area contributed by atoms with Gasteiger partial charge in [0.2, 0.25) is 0 Å². The van der Waals surface area contributed by atoms with Crippen molar-refractivity contribution in [1.29, 1.82) is 0 Å². The van der Waals surface area contributed by atoms with Gasteiger partial charge in [0.05, 0.1) is 7.11 Å². The Morgan fingerprint density at radius 3 is 2.57 bits per heavy atom. The number of allylic oxidation sites excluding steroid dienone is 2. The summed E-state index contributed by atoms with van der Waals surface area (Å²) in [5.41, 5.74) is 4.38. The van der Waals surface area contributed by atoms with Gasteiger partial charge in [0.25, 0.3) is 0 Å². The van der Waals surface area contributed by atoms with Crippen molar-refractivity contribution in [3.63, 3.8) is 0 Å². The Balaban J connectivity index is 2.02. The van der Waals surface area contributed by atoms with E-state index in [2.05, 4.69) is 38.1 Å². The summed E-state index contributed by atoms with van der Waals surface area (Å²) >= 11 is 0. The largest absolute Gasteiger partial charge is 0.497 e. The fourth-order valence-electron chi connectivity index (χ4n) is 4.36. The van der Waals surface area contributed by atoms with Gasteiger partial charge in [0, 0.05) is 11.0 Å². The molecule has 0 amide bonds. The highest BCUT2D eigenvalue weighted by Crippen LogP contribution is 2.56.